The van der Waals surface area contributed by atoms with Gasteiger partial charge in [-0.2, -0.15) is 0 Å². The predicted octanol–water partition coefficient (Wildman–Crippen LogP) is 1.59. The fourth-order valence-corrected chi connectivity index (χ4v) is 3.74. The molecule has 0 radical (unpaired) electrons. The van der Waals surface area contributed by atoms with Crippen molar-refractivity contribution in [3.63, 3.8) is 0 Å². The lowest BCUT2D eigenvalue weighted by Gasteiger charge is -2.43. The number of benzene rings is 1. The molecule has 3 atom stereocenters. The van der Waals surface area contributed by atoms with Crippen LogP contribution in [-0.4, -0.2) is 69.9 Å². The summed E-state index contributed by atoms with van der Waals surface area (Å²) in [4.78, 5) is 17.0. The predicted molar refractivity (Wildman–Crippen MR) is 102 cm³/mol. The largest absolute Gasteiger partial charge is 0.372 e. The molecule has 1 aromatic carbocycles. The van der Waals surface area contributed by atoms with Crippen molar-refractivity contribution >= 4 is 11.6 Å². The summed E-state index contributed by atoms with van der Waals surface area (Å²) < 4.78 is 21.5. The Bertz CT molecular complexity index is 772. The maximum atomic E-state index is 14.5. The van der Waals surface area contributed by atoms with Crippen molar-refractivity contribution < 1.29 is 13.9 Å². The fraction of sp³-hybridized carbons (Fsp3) is 0.579. The van der Waals surface area contributed by atoms with E-state index >= 15 is 0 Å². The van der Waals surface area contributed by atoms with Gasteiger partial charge in [-0.25, -0.2) is 9.07 Å². The molecular weight excluding hydrogens is 363 g/mol. The number of likely N-dealkylation sites (tertiary alicyclic amines) is 1. The monoisotopic (exact) mass is 390 g/mol. The number of aromatic nitrogens is 4. The van der Waals surface area contributed by atoms with Crippen molar-refractivity contribution in [2.45, 2.75) is 39.0 Å². The Balaban J connectivity index is 1.74. The fourth-order valence-electron chi connectivity index (χ4n) is 3.74. The Labute approximate surface area is 164 Å². The number of methoxy groups -OCH3 is 1. The topological polar surface area (TPSA) is 76.4 Å². The molecule has 1 aliphatic rings. The second-order valence-electron chi connectivity index (χ2n) is 7.24. The molecule has 0 saturated carbocycles. The zero-order valence-electron chi connectivity index (χ0n) is 16.5. The number of hydrogen-bond donors (Lipinski definition) is 0. The van der Waals surface area contributed by atoms with Gasteiger partial charge in [0.05, 0.1) is 12.2 Å². The van der Waals surface area contributed by atoms with Crippen LogP contribution in [0.4, 0.5) is 10.1 Å². The summed E-state index contributed by atoms with van der Waals surface area (Å²) in [6.07, 6.45) is 1.72. The lowest BCUT2D eigenvalue weighted by atomic mass is 9.91. The van der Waals surface area contributed by atoms with E-state index in [4.69, 9.17) is 4.74 Å². The number of tetrazole rings is 1. The smallest absolute Gasteiger partial charge is 0.256 e. The minimum Gasteiger partial charge on any atom is -0.372 e. The summed E-state index contributed by atoms with van der Waals surface area (Å²) in [6, 6.07) is 6.34. The molecule has 3 unspecified atom stereocenters. The van der Waals surface area contributed by atoms with Crippen molar-refractivity contribution in [3.05, 3.63) is 36.4 Å². The number of anilines is 1. The molecule has 152 valence electrons. The second kappa shape index (κ2) is 9.20. The van der Waals surface area contributed by atoms with Gasteiger partial charge in [-0.1, -0.05) is 19.1 Å². The van der Waals surface area contributed by atoms with Gasteiger partial charge < -0.3 is 14.5 Å². The number of halogens is 1. The first kappa shape index (κ1) is 20.3. The molecule has 2 heterocycles. The zero-order valence-corrected chi connectivity index (χ0v) is 16.5. The third kappa shape index (κ3) is 4.53. The SMILES string of the molecule is COC(C)C(=O)N(c1ccccc1F)C1CCN(CCn2cnnn2)CC1C. The van der Waals surface area contributed by atoms with Crippen molar-refractivity contribution in [1.29, 1.82) is 0 Å². The summed E-state index contributed by atoms with van der Waals surface area (Å²) >= 11 is 0. The van der Waals surface area contributed by atoms with Crippen LogP contribution in [0.1, 0.15) is 20.3 Å². The van der Waals surface area contributed by atoms with E-state index in [1.54, 1.807) is 41.0 Å². The summed E-state index contributed by atoms with van der Waals surface area (Å²) in [5.41, 5.74) is 0.315. The van der Waals surface area contributed by atoms with Gasteiger partial charge in [0.25, 0.3) is 5.91 Å². The standard InChI is InChI=1S/C19H27FN6O2/c1-14-12-24(10-11-25-13-21-22-23-25)9-8-17(14)26(19(27)15(2)28-3)18-7-5-4-6-16(18)20/h4-7,13-15,17H,8-12H2,1-3H3. The van der Waals surface area contributed by atoms with Crippen LogP contribution >= 0.6 is 0 Å². The normalized spacial score (nSPS) is 21.4. The van der Waals surface area contributed by atoms with Gasteiger partial charge in [0, 0.05) is 32.8 Å². The number of hydrogen-bond acceptors (Lipinski definition) is 6. The van der Waals surface area contributed by atoms with Crippen molar-refractivity contribution in [2.75, 3.05) is 31.6 Å². The van der Waals surface area contributed by atoms with Gasteiger partial charge in [0.2, 0.25) is 0 Å². The minimum absolute atomic E-state index is 0.0914. The van der Waals surface area contributed by atoms with Crippen molar-refractivity contribution in [3.8, 4) is 0 Å². The molecule has 28 heavy (non-hydrogen) atoms. The number of rotatable bonds is 7. The average molecular weight is 390 g/mol. The maximum Gasteiger partial charge on any atom is 0.256 e. The Morgan fingerprint density at radius 3 is 2.82 bits per heavy atom. The van der Waals surface area contributed by atoms with E-state index in [1.165, 1.54) is 13.2 Å². The molecular formula is C19H27FN6O2. The second-order valence-corrected chi connectivity index (χ2v) is 7.24. The number of ether oxygens (including phenoxy) is 1. The van der Waals surface area contributed by atoms with E-state index in [0.717, 1.165) is 26.1 Å². The van der Waals surface area contributed by atoms with Gasteiger partial charge in [-0.05, 0) is 41.8 Å². The number of carbonyl (C=O) groups excluding carboxylic acids is 1. The third-order valence-electron chi connectivity index (χ3n) is 5.36. The Hall–Kier alpha value is -2.39. The zero-order chi connectivity index (χ0) is 20.1. The van der Waals surface area contributed by atoms with Gasteiger partial charge in [-0.3, -0.25) is 4.79 Å². The molecule has 0 N–H and O–H groups in total. The lowest BCUT2D eigenvalue weighted by molar-refractivity contribution is -0.128. The molecule has 0 spiro atoms. The van der Waals surface area contributed by atoms with Crippen LogP contribution < -0.4 is 4.90 Å². The molecule has 3 rings (SSSR count). The molecule has 9 heteroatoms. The van der Waals surface area contributed by atoms with E-state index < -0.39 is 11.9 Å². The number of para-hydroxylation sites is 1. The molecule has 1 aromatic heterocycles. The van der Waals surface area contributed by atoms with Crippen LogP contribution in [0.15, 0.2) is 30.6 Å². The molecule has 1 amide bonds. The van der Waals surface area contributed by atoms with Crippen LogP contribution in [0, 0.1) is 11.7 Å². The number of carbonyl (C=O) groups is 1. The van der Waals surface area contributed by atoms with Gasteiger partial charge in [0.15, 0.2) is 0 Å². The number of nitrogens with zero attached hydrogens (tertiary/aromatic N) is 6. The molecule has 2 aromatic rings. The summed E-state index contributed by atoms with van der Waals surface area (Å²) in [6.45, 7) is 6.96. The maximum absolute atomic E-state index is 14.5. The highest BCUT2D eigenvalue weighted by Crippen LogP contribution is 2.30. The van der Waals surface area contributed by atoms with E-state index in [-0.39, 0.29) is 17.9 Å². The summed E-state index contributed by atoms with van der Waals surface area (Å²) in [5.74, 6) is -0.436. The minimum atomic E-state index is -0.635. The van der Waals surface area contributed by atoms with E-state index in [0.29, 0.717) is 12.2 Å². The highest BCUT2D eigenvalue weighted by atomic mass is 19.1. The average Bonchev–Trinajstić information content (AvgIpc) is 3.22. The van der Waals surface area contributed by atoms with E-state index in [2.05, 4.69) is 27.3 Å². The van der Waals surface area contributed by atoms with Gasteiger partial charge >= 0.3 is 0 Å². The molecule has 0 bridgehead atoms. The Morgan fingerprint density at radius 2 is 2.18 bits per heavy atom. The summed E-state index contributed by atoms with van der Waals surface area (Å²) in [7, 11) is 1.49. The highest BCUT2D eigenvalue weighted by molar-refractivity contribution is 5.97. The lowest BCUT2D eigenvalue weighted by Crippen LogP contribution is -2.55. The quantitative estimate of drug-likeness (QED) is 0.715. The van der Waals surface area contributed by atoms with Crippen molar-refractivity contribution in [1.82, 2.24) is 25.1 Å². The first-order chi connectivity index (χ1) is 13.5. The molecule has 0 aliphatic carbocycles. The van der Waals surface area contributed by atoms with Crippen LogP contribution in [0.25, 0.3) is 0 Å². The van der Waals surface area contributed by atoms with Crippen LogP contribution in [0.2, 0.25) is 0 Å². The molecule has 1 saturated heterocycles. The van der Waals surface area contributed by atoms with E-state index in [9.17, 15) is 9.18 Å². The number of amides is 1. The van der Waals surface area contributed by atoms with Gasteiger partial charge in [0.1, 0.15) is 18.2 Å². The van der Waals surface area contributed by atoms with Gasteiger partial charge in [-0.15, -0.1) is 5.10 Å². The molecule has 1 aliphatic heterocycles. The Kier molecular flexibility index (Phi) is 6.69. The first-order valence-electron chi connectivity index (χ1n) is 9.54. The first-order valence-corrected chi connectivity index (χ1v) is 9.54. The van der Waals surface area contributed by atoms with Crippen LogP contribution in [-0.2, 0) is 16.1 Å². The third-order valence-corrected chi connectivity index (χ3v) is 5.36. The Morgan fingerprint density at radius 1 is 1.39 bits per heavy atom. The highest BCUT2D eigenvalue weighted by Gasteiger charge is 2.36. The summed E-state index contributed by atoms with van der Waals surface area (Å²) in [5, 5.41) is 11.2. The van der Waals surface area contributed by atoms with Crippen molar-refractivity contribution in [2.24, 2.45) is 5.92 Å². The van der Waals surface area contributed by atoms with Crippen LogP contribution in [0.3, 0.4) is 0 Å². The molecule has 1 fully saturated rings. The molecule has 8 nitrogen and oxygen atoms in total. The van der Waals surface area contributed by atoms with E-state index in [1.807, 2.05) is 0 Å². The van der Waals surface area contributed by atoms with Crippen LogP contribution in [0.5, 0.6) is 0 Å². The number of piperidine rings is 1.